The molecule has 304 valence electrons. The van der Waals surface area contributed by atoms with Crippen LogP contribution in [0.4, 0.5) is 9.59 Å². The normalized spacial score (nSPS) is 11.3. The first-order valence-corrected chi connectivity index (χ1v) is 22.1. The summed E-state index contributed by atoms with van der Waals surface area (Å²) in [5, 5.41) is 9.52. The fourth-order valence-electron chi connectivity index (χ4n) is 6.54. The van der Waals surface area contributed by atoms with Gasteiger partial charge in [0.2, 0.25) is 0 Å². The molecule has 0 aromatic heterocycles. The van der Waals surface area contributed by atoms with E-state index in [1.54, 1.807) is 0 Å². The predicted octanol–water partition coefficient (Wildman–Crippen LogP) is 12.2. The van der Waals surface area contributed by atoms with E-state index in [4.69, 9.17) is 14.2 Å². The van der Waals surface area contributed by atoms with E-state index < -0.39 is 6.16 Å². The van der Waals surface area contributed by atoms with Gasteiger partial charge in [-0.3, -0.25) is 0 Å². The van der Waals surface area contributed by atoms with E-state index in [9.17, 15) is 14.7 Å². The zero-order valence-electron chi connectivity index (χ0n) is 34.3. The van der Waals surface area contributed by atoms with Gasteiger partial charge in [0.05, 0.1) is 26.4 Å². The number of carbonyl (C=O) groups is 2. The third-order valence-corrected chi connectivity index (χ3v) is 9.89. The van der Waals surface area contributed by atoms with Crippen LogP contribution >= 0.6 is 0 Å². The monoisotopic (exact) mass is 727 g/mol. The zero-order chi connectivity index (χ0) is 37.3. The topological polar surface area (TPSA) is 88.5 Å². The summed E-state index contributed by atoms with van der Waals surface area (Å²) in [6.45, 7) is 12.6. The van der Waals surface area contributed by atoms with Gasteiger partial charge in [-0.05, 0) is 64.5 Å². The van der Waals surface area contributed by atoms with Gasteiger partial charge in [0.15, 0.2) is 0 Å². The second-order valence-electron chi connectivity index (χ2n) is 14.8. The summed E-state index contributed by atoms with van der Waals surface area (Å²) in [5.74, 6) is 0. The first kappa shape index (κ1) is 49.5. The lowest BCUT2D eigenvalue weighted by molar-refractivity contribution is 0.0527. The van der Waals surface area contributed by atoms with Crippen LogP contribution in [0.1, 0.15) is 207 Å². The highest BCUT2D eigenvalue weighted by Gasteiger charge is 2.14. The van der Waals surface area contributed by atoms with Gasteiger partial charge >= 0.3 is 12.2 Å². The number of amides is 1. The molecule has 51 heavy (non-hydrogen) atoms. The third-order valence-electron chi connectivity index (χ3n) is 9.89. The summed E-state index contributed by atoms with van der Waals surface area (Å²) in [4.78, 5) is 29.0. The molecule has 8 nitrogen and oxygen atoms in total. The van der Waals surface area contributed by atoms with Crippen LogP contribution in [0.2, 0.25) is 0 Å². The molecule has 0 atom stereocenters. The number of aliphatic hydroxyl groups is 1. The molecule has 0 rings (SSSR count). The second-order valence-corrected chi connectivity index (χ2v) is 14.8. The smallest absolute Gasteiger partial charge is 0.449 e. The van der Waals surface area contributed by atoms with Crippen LogP contribution in [-0.2, 0) is 14.2 Å². The number of hydrogen-bond acceptors (Lipinski definition) is 7. The molecule has 8 heteroatoms. The van der Waals surface area contributed by atoms with Crippen molar-refractivity contribution < 1.29 is 28.9 Å². The highest BCUT2D eigenvalue weighted by atomic mass is 16.7. The fourth-order valence-corrected chi connectivity index (χ4v) is 6.54. The second kappa shape index (κ2) is 41.2. The minimum absolute atomic E-state index is 0.118. The van der Waals surface area contributed by atoms with E-state index in [-0.39, 0.29) is 12.7 Å². The minimum atomic E-state index is -0.538. The summed E-state index contributed by atoms with van der Waals surface area (Å²) < 4.78 is 16.2. The molecule has 0 fully saturated rings. The molecule has 0 saturated carbocycles. The molecule has 1 N–H and O–H groups in total. The van der Waals surface area contributed by atoms with Crippen molar-refractivity contribution in [3.63, 3.8) is 0 Å². The van der Waals surface area contributed by atoms with Crippen LogP contribution < -0.4 is 0 Å². The predicted molar refractivity (Wildman–Crippen MR) is 215 cm³/mol. The SMILES string of the molecule is CCCCCCCCCCCOC(=O)OCCCCCN(CCO)CCCCCCCOC(=O)N(CCCCCCCC)CCCCCCCC. The van der Waals surface area contributed by atoms with Crippen LogP contribution in [0.25, 0.3) is 0 Å². The van der Waals surface area contributed by atoms with Gasteiger partial charge in [-0.2, -0.15) is 0 Å². The maximum atomic E-state index is 12.9. The fraction of sp³-hybridized carbons (Fsp3) is 0.953. The Morgan fingerprint density at radius 2 is 0.706 bits per heavy atom. The summed E-state index contributed by atoms with van der Waals surface area (Å²) in [5.41, 5.74) is 0. The molecule has 0 radical (unpaired) electrons. The molecule has 0 aliphatic rings. The Morgan fingerprint density at radius 3 is 1.10 bits per heavy atom. The maximum absolute atomic E-state index is 12.9. The first-order chi connectivity index (χ1) is 25.1. The molecule has 0 aliphatic heterocycles. The van der Waals surface area contributed by atoms with Gasteiger partial charge in [0.25, 0.3) is 0 Å². The lowest BCUT2D eigenvalue weighted by atomic mass is 10.1. The minimum Gasteiger partial charge on any atom is -0.449 e. The number of hydrogen-bond donors (Lipinski definition) is 1. The molecule has 0 bridgehead atoms. The Balaban J connectivity index is 3.93. The van der Waals surface area contributed by atoms with E-state index in [1.165, 1.54) is 109 Å². The van der Waals surface area contributed by atoms with Crippen LogP contribution in [0, 0.1) is 0 Å². The van der Waals surface area contributed by atoms with Gasteiger partial charge in [-0.1, -0.05) is 156 Å². The summed E-state index contributed by atoms with van der Waals surface area (Å²) in [6.07, 6.45) is 33.6. The number of rotatable bonds is 40. The van der Waals surface area contributed by atoms with Crippen molar-refractivity contribution in [2.24, 2.45) is 0 Å². The Bertz CT molecular complexity index is 709. The summed E-state index contributed by atoms with van der Waals surface area (Å²) >= 11 is 0. The van der Waals surface area contributed by atoms with Crippen LogP contribution in [-0.4, -0.2) is 86.3 Å². The zero-order valence-corrected chi connectivity index (χ0v) is 34.3. The Kier molecular flexibility index (Phi) is 40.0. The van der Waals surface area contributed by atoms with Crippen LogP contribution in [0.5, 0.6) is 0 Å². The number of carbonyl (C=O) groups excluding carboxylic acids is 2. The van der Waals surface area contributed by atoms with E-state index in [0.29, 0.717) is 26.4 Å². The van der Waals surface area contributed by atoms with E-state index in [0.717, 1.165) is 103 Å². The van der Waals surface area contributed by atoms with Crippen molar-refractivity contribution >= 4 is 12.2 Å². The van der Waals surface area contributed by atoms with Crippen LogP contribution in [0.15, 0.2) is 0 Å². The lowest BCUT2D eigenvalue weighted by Gasteiger charge is -2.22. The van der Waals surface area contributed by atoms with Gasteiger partial charge in [-0.15, -0.1) is 0 Å². The van der Waals surface area contributed by atoms with Gasteiger partial charge < -0.3 is 29.1 Å². The molecule has 0 saturated heterocycles. The number of nitrogens with zero attached hydrogens (tertiary/aromatic N) is 2. The maximum Gasteiger partial charge on any atom is 0.508 e. The van der Waals surface area contributed by atoms with Crippen molar-refractivity contribution in [1.29, 1.82) is 0 Å². The average Bonchev–Trinajstić information content (AvgIpc) is 3.13. The molecule has 0 aromatic carbocycles. The third kappa shape index (κ3) is 36.6. The average molecular weight is 727 g/mol. The molecule has 0 aromatic rings. The van der Waals surface area contributed by atoms with Crippen molar-refractivity contribution in [3.05, 3.63) is 0 Å². The molecular formula is C43H86N2O6. The lowest BCUT2D eigenvalue weighted by Crippen LogP contribution is -2.33. The van der Waals surface area contributed by atoms with Gasteiger partial charge in [0.1, 0.15) is 0 Å². The molecule has 0 spiro atoms. The number of unbranched alkanes of at least 4 members (excludes halogenated alkanes) is 24. The summed E-state index contributed by atoms with van der Waals surface area (Å²) in [6, 6.07) is 0. The molecule has 0 unspecified atom stereocenters. The van der Waals surface area contributed by atoms with Crippen molar-refractivity contribution in [2.45, 2.75) is 207 Å². The Hall–Kier alpha value is -1.54. The highest BCUT2D eigenvalue weighted by molar-refractivity contribution is 5.67. The van der Waals surface area contributed by atoms with Gasteiger partial charge in [0, 0.05) is 19.6 Å². The highest BCUT2D eigenvalue weighted by Crippen LogP contribution is 2.12. The molecule has 0 heterocycles. The quantitative estimate of drug-likeness (QED) is 0.0497. The van der Waals surface area contributed by atoms with Crippen molar-refractivity contribution in [1.82, 2.24) is 9.80 Å². The Labute approximate surface area is 316 Å². The molecular weight excluding hydrogens is 640 g/mol. The standard InChI is InChI=1S/C43H86N2O6/c1-4-7-10-13-16-17-18-23-31-40-50-43(48)51-41-32-25-27-34-44(37-38-46)33-26-20-19-24-30-39-49-42(47)45(35-28-21-14-11-8-5-2)36-29-22-15-12-9-6-3/h46H,4-41H2,1-3H3. The van der Waals surface area contributed by atoms with Gasteiger partial charge in [-0.25, -0.2) is 9.59 Å². The van der Waals surface area contributed by atoms with Crippen molar-refractivity contribution in [2.75, 3.05) is 59.2 Å². The van der Waals surface area contributed by atoms with E-state index >= 15 is 0 Å². The number of ether oxygens (including phenoxy) is 3. The number of aliphatic hydroxyl groups excluding tert-OH is 1. The van der Waals surface area contributed by atoms with Crippen molar-refractivity contribution in [3.8, 4) is 0 Å². The van der Waals surface area contributed by atoms with Crippen LogP contribution in [0.3, 0.4) is 0 Å². The van der Waals surface area contributed by atoms with E-state index in [2.05, 4.69) is 25.7 Å². The molecule has 0 aliphatic carbocycles. The Morgan fingerprint density at radius 1 is 0.392 bits per heavy atom. The summed E-state index contributed by atoms with van der Waals surface area (Å²) in [7, 11) is 0. The van der Waals surface area contributed by atoms with E-state index in [1.807, 2.05) is 4.90 Å². The largest absolute Gasteiger partial charge is 0.508 e. The first-order valence-electron chi connectivity index (χ1n) is 22.1. The molecule has 1 amide bonds.